The second-order valence-corrected chi connectivity index (χ2v) is 6.69. The van der Waals surface area contributed by atoms with E-state index in [1.807, 2.05) is 0 Å². The highest BCUT2D eigenvalue weighted by molar-refractivity contribution is 5.01. The van der Waals surface area contributed by atoms with Crippen LogP contribution in [0.4, 0.5) is 0 Å². The lowest BCUT2D eigenvalue weighted by atomic mass is 9.62. The fourth-order valence-corrected chi connectivity index (χ4v) is 4.47. The van der Waals surface area contributed by atoms with E-state index in [1.165, 1.54) is 39.0 Å². The number of fused-ring (bicyclic) bond motifs is 5. The summed E-state index contributed by atoms with van der Waals surface area (Å²) in [5, 5.41) is 5.29. The average Bonchev–Trinajstić information content (AvgIpc) is 2.37. The Bertz CT molecular complexity index is 252. The zero-order valence-electron chi connectivity index (χ0n) is 10.2. The Hall–Kier alpha value is -0.120. The van der Waals surface area contributed by atoms with Crippen molar-refractivity contribution in [1.29, 1.82) is 0 Å². The highest BCUT2D eigenvalue weighted by atomic mass is 15.6. The fourth-order valence-electron chi connectivity index (χ4n) is 4.47. The van der Waals surface area contributed by atoms with E-state index < -0.39 is 0 Å². The average molecular weight is 221 g/mol. The molecule has 6 aliphatic rings. The SMILES string of the molecule is CC1C2CC1CN(N1CC3CC(C1)C3N)C2. The van der Waals surface area contributed by atoms with E-state index in [1.54, 1.807) is 0 Å². The van der Waals surface area contributed by atoms with Crippen molar-refractivity contribution in [2.24, 2.45) is 35.3 Å². The van der Waals surface area contributed by atoms with Gasteiger partial charge in [0.2, 0.25) is 0 Å². The quantitative estimate of drug-likeness (QED) is 0.710. The lowest BCUT2D eigenvalue weighted by Crippen LogP contribution is -2.68. The van der Waals surface area contributed by atoms with Gasteiger partial charge in [0.15, 0.2) is 0 Å². The van der Waals surface area contributed by atoms with Crippen molar-refractivity contribution in [3.05, 3.63) is 0 Å². The molecule has 4 unspecified atom stereocenters. The van der Waals surface area contributed by atoms with Gasteiger partial charge in [-0.05, 0) is 42.4 Å². The summed E-state index contributed by atoms with van der Waals surface area (Å²) in [5.74, 6) is 4.58. The summed E-state index contributed by atoms with van der Waals surface area (Å²) in [6, 6.07) is 0.523. The first kappa shape index (κ1) is 9.86. The topological polar surface area (TPSA) is 32.5 Å². The van der Waals surface area contributed by atoms with E-state index in [0.29, 0.717) is 6.04 Å². The fraction of sp³-hybridized carbons (Fsp3) is 1.00. The maximum atomic E-state index is 6.13. The molecule has 2 N–H and O–H groups in total. The molecule has 6 fully saturated rings. The van der Waals surface area contributed by atoms with Crippen LogP contribution in [0.2, 0.25) is 0 Å². The molecule has 3 nitrogen and oxygen atoms in total. The Morgan fingerprint density at radius 3 is 1.69 bits per heavy atom. The predicted molar refractivity (Wildman–Crippen MR) is 63.5 cm³/mol. The van der Waals surface area contributed by atoms with E-state index >= 15 is 0 Å². The zero-order chi connectivity index (χ0) is 10.9. The summed E-state index contributed by atoms with van der Waals surface area (Å²) in [7, 11) is 0. The molecular formula is C13H23N3. The first-order valence-electron chi connectivity index (χ1n) is 6.97. The second-order valence-electron chi connectivity index (χ2n) is 6.69. The summed E-state index contributed by atoms with van der Waals surface area (Å²) in [5.41, 5.74) is 6.13. The van der Waals surface area contributed by atoms with Crippen LogP contribution < -0.4 is 5.73 Å². The maximum absolute atomic E-state index is 6.13. The molecule has 0 aromatic carbocycles. The molecule has 0 aromatic rings. The van der Waals surface area contributed by atoms with Crippen LogP contribution in [0.3, 0.4) is 0 Å². The molecule has 4 bridgehead atoms. The van der Waals surface area contributed by atoms with E-state index in [-0.39, 0.29) is 0 Å². The van der Waals surface area contributed by atoms with Gasteiger partial charge < -0.3 is 5.73 Å². The van der Waals surface area contributed by atoms with Crippen LogP contribution in [0, 0.1) is 29.6 Å². The summed E-state index contributed by atoms with van der Waals surface area (Å²) < 4.78 is 0. The van der Waals surface area contributed by atoms with E-state index in [9.17, 15) is 0 Å². The molecule has 0 spiro atoms. The molecule has 0 aromatic heterocycles. The molecule has 4 atom stereocenters. The van der Waals surface area contributed by atoms with Crippen LogP contribution in [0.1, 0.15) is 19.8 Å². The van der Waals surface area contributed by atoms with Crippen LogP contribution in [-0.4, -0.2) is 42.2 Å². The van der Waals surface area contributed by atoms with Crippen molar-refractivity contribution in [3.8, 4) is 0 Å². The van der Waals surface area contributed by atoms with Gasteiger partial charge >= 0.3 is 0 Å². The van der Waals surface area contributed by atoms with Crippen LogP contribution in [0.5, 0.6) is 0 Å². The van der Waals surface area contributed by atoms with Crippen molar-refractivity contribution >= 4 is 0 Å². The van der Waals surface area contributed by atoms with E-state index in [0.717, 1.165) is 29.6 Å². The maximum Gasteiger partial charge on any atom is 0.0176 e. The van der Waals surface area contributed by atoms with Crippen molar-refractivity contribution < 1.29 is 0 Å². The Kier molecular flexibility index (Phi) is 1.98. The molecule has 2 saturated carbocycles. The summed E-state index contributed by atoms with van der Waals surface area (Å²) in [6.07, 6.45) is 2.90. The van der Waals surface area contributed by atoms with Gasteiger partial charge in [0.05, 0.1) is 0 Å². The van der Waals surface area contributed by atoms with Gasteiger partial charge in [-0.3, -0.25) is 0 Å². The molecule has 4 saturated heterocycles. The van der Waals surface area contributed by atoms with Crippen molar-refractivity contribution in [2.75, 3.05) is 26.2 Å². The molecule has 4 aliphatic heterocycles. The molecule has 2 aliphatic carbocycles. The standard InChI is InChI=1S/C13H23N3/c1-8-9-2-10(8)5-15(4-9)16-6-11-3-12(7-16)13(11)14/h8-13H,2-7,14H2,1H3. The third-order valence-corrected chi connectivity index (χ3v) is 5.97. The van der Waals surface area contributed by atoms with Gasteiger partial charge in [0.25, 0.3) is 0 Å². The molecule has 6 rings (SSSR count). The minimum Gasteiger partial charge on any atom is -0.327 e. The highest BCUT2D eigenvalue weighted by Gasteiger charge is 2.49. The number of nitrogens with two attached hydrogens (primary N) is 1. The monoisotopic (exact) mass is 221 g/mol. The lowest BCUT2D eigenvalue weighted by molar-refractivity contribution is -0.181. The highest BCUT2D eigenvalue weighted by Crippen LogP contribution is 2.47. The summed E-state index contributed by atoms with van der Waals surface area (Å²) in [6.45, 7) is 7.58. The van der Waals surface area contributed by atoms with E-state index in [2.05, 4.69) is 16.9 Å². The van der Waals surface area contributed by atoms with Crippen LogP contribution in [-0.2, 0) is 0 Å². The van der Waals surface area contributed by atoms with Crippen LogP contribution in [0.25, 0.3) is 0 Å². The number of piperidine rings is 4. The lowest BCUT2D eigenvalue weighted by Gasteiger charge is -2.60. The van der Waals surface area contributed by atoms with Gasteiger partial charge in [-0.1, -0.05) is 6.92 Å². The molecule has 16 heavy (non-hydrogen) atoms. The molecule has 4 heterocycles. The van der Waals surface area contributed by atoms with E-state index in [4.69, 9.17) is 5.73 Å². The molecule has 90 valence electrons. The van der Waals surface area contributed by atoms with Gasteiger partial charge in [0.1, 0.15) is 0 Å². The number of hydrazine groups is 1. The van der Waals surface area contributed by atoms with Crippen molar-refractivity contribution in [1.82, 2.24) is 10.0 Å². The van der Waals surface area contributed by atoms with Crippen molar-refractivity contribution in [3.63, 3.8) is 0 Å². The summed E-state index contributed by atoms with van der Waals surface area (Å²) in [4.78, 5) is 0. The Balaban J connectivity index is 1.41. The molecule has 0 radical (unpaired) electrons. The number of hydrogen-bond acceptors (Lipinski definition) is 3. The largest absolute Gasteiger partial charge is 0.327 e. The molecule has 3 heteroatoms. The van der Waals surface area contributed by atoms with Crippen LogP contribution >= 0.6 is 0 Å². The minimum absolute atomic E-state index is 0.523. The number of hydrogen-bond donors (Lipinski definition) is 1. The van der Waals surface area contributed by atoms with Crippen LogP contribution in [0.15, 0.2) is 0 Å². The third-order valence-electron chi connectivity index (χ3n) is 5.97. The number of rotatable bonds is 1. The Labute approximate surface area is 97.9 Å². The Morgan fingerprint density at radius 1 is 0.812 bits per heavy atom. The molecular weight excluding hydrogens is 198 g/mol. The normalized spacial score (nSPS) is 56.6. The van der Waals surface area contributed by atoms with Crippen molar-refractivity contribution in [2.45, 2.75) is 25.8 Å². The molecule has 0 amide bonds. The predicted octanol–water partition coefficient (Wildman–Crippen LogP) is 0.768. The van der Waals surface area contributed by atoms with Gasteiger partial charge in [-0.25, -0.2) is 10.0 Å². The Morgan fingerprint density at radius 2 is 1.25 bits per heavy atom. The third kappa shape index (κ3) is 1.20. The smallest absolute Gasteiger partial charge is 0.0176 e. The van der Waals surface area contributed by atoms with Gasteiger partial charge in [0, 0.05) is 32.2 Å². The first-order valence-corrected chi connectivity index (χ1v) is 6.97. The summed E-state index contributed by atoms with van der Waals surface area (Å²) >= 11 is 0. The van der Waals surface area contributed by atoms with Gasteiger partial charge in [-0.15, -0.1) is 0 Å². The minimum atomic E-state index is 0.523. The van der Waals surface area contributed by atoms with Gasteiger partial charge in [-0.2, -0.15) is 0 Å². The first-order chi connectivity index (χ1) is 7.72. The zero-order valence-corrected chi connectivity index (χ0v) is 10.2. The number of nitrogens with zero attached hydrogens (tertiary/aromatic N) is 2. The second kappa shape index (κ2) is 3.21.